The van der Waals surface area contributed by atoms with E-state index < -0.39 is 6.10 Å². The first-order chi connectivity index (χ1) is 8.31. The summed E-state index contributed by atoms with van der Waals surface area (Å²) in [5.41, 5.74) is 2.03. The number of rotatable bonds is 5. The normalized spacial score (nSPS) is 12.6. The molecule has 1 N–H and O–H groups in total. The molecule has 0 saturated carbocycles. The molecule has 2 rings (SSSR count). The first kappa shape index (κ1) is 11.9. The Balaban J connectivity index is 2.09. The van der Waals surface area contributed by atoms with Gasteiger partial charge in [0.05, 0.1) is 6.26 Å². The van der Waals surface area contributed by atoms with Crippen molar-refractivity contribution in [1.82, 2.24) is 0 Å². The molecule has 2 nitrogen and oxygen atoms in total. The molecule has 0 amide bonds. The van der Waals surface area contributed by atoms with E-state index >= 15 is 0 Å². The molecule has 0 aliphatic rings. The fourth-order valence-corrected chi connectivity index (χ4v) is 1.85. The second kappa shape index (κ2) is 5.69. The molecule has 0 fully saturated rings. The lowest BCUT2D eigenvalue weighted by Crippen LogP contribution is -1.97. The highest BCUT2D eigenvalue weighted by Crippen LogP contribution is 2.24. The number of hydrogen-bond acceptors (Lipinski definition) is 2. The lowest BCUT2D eigenvalue weighted by atomic mass is 10.1. The zero-order valence-electron chi connectivity index (χ0n) is 10.1. The molecule has 0 aliphatic carbocycles. The SMILES string of the molecule is CCCCc1coc(C(O)c2ccccc2)c1. The van der Waals surface area contributed by atoms with Crippen molar-refractivity contribution in [3.05, 3.63) is 59.5 Å². The first-order valence-corrected chi connectivity index (χ1v) is 6.11. The molecule has 0 spiro atoms. The number of aliphatic hydroxyl groups is 1. The van der Waals surface area contributed by atoms with E-state index in [1.807, 2.05) is 36.4 Å². The monoisotopic (exact) mass is 230 g/mol. The Morgan fingerprint density at radius 1 is 1.24 bits per heavy atom. The quantitative estimate of drug-likeness (QED) is 0.849. The van der Waals surface area contributed by atoms with Crippen LogP contribution in [0.5, 0.6) is 0 Å². The molecule has 1 unspecified atom stereocenters. The molecular weight excluding hydrogens is 212 g/mol. The Morgan fingerprint density at radius 2 is 2.00 bits per heavy atom. The van der Waals surface area contributed by atoms with Gasteiger partial charge in [-0.05, 0) is 30.0 Å². The molecule has 0 aliphatic heterocycles. The summed E-state index contributed by atoms with van der Waals surface area (Å²) in [5, 5.41) is 10.1. The van der Waals surface area contributed by atoms with Gasteiger partial charge in [0, 0.05) is 0 Å². The highest BCUT2D eigenvalue weighted by Gasteiger charge is 2.14. The van der Waals surface area contributed by atoms with Gasteiger partial charge in [0.15, 0.2) is 0 Å². The predicted molar refractivity (Wildman–Crippen MR) is 67.8 cm³/mol. The van der Waals surface area contributed by atoms with Crippen molar-refractivity contribution in [3.63, 3.8) is 0 Å². The van der Waals surface area contributed by atoms with Gasteiger partial charge in [-0.25, -0.2) is 0 Å². The maximum absolute atomic E-state index is 10.1. The van der Waals surface area contributed by atoms with Crippen LogP contribution in [0.3, 0.4) is 0 Å². The molecular formula is C15H18O2. The molecule has 90 valence electrons. The van der Waals surface area contributed by atoms with Crippen LogP contribution in [0, 0.1) is 0 Å². The number of aryl methyl sites for hydroxylation is 1. The zero-order chi connectivity index (χ0) is 12.1. The molecule has 1 heterocycles. The summed E-state index contributed by atoms with van der Waals surface area (Å²) in [6.45, 7) is 2.17. The Bertz CT molecular complexity index is 445. The summed E-state index contributed by atoms with van der Waals surface area (Å²) in [7, 11) is 0. The summed E-state index contributed by atoms with van der Waals surface area (Å²) in [4.78, 5) is 0. The van der Waals surface area contributed by atoms with Crippen molar-refractivity contribution in [2.75, 3.05) is 0 Å². The van der Waals surface area contributed by atoms with Crippen molar-refractivity contribution >= 4 is 0 Å². The first-order valence-electron chi connectivity index (χ1n) is 6.11. The predicted octanol–water partition coefficient (Wildman–Crippen LogP) is 3.70. The average Bonchev–Trinajstić information content (AvgIpc) is 2.85. The van der Waals surface area contributed by atoms with Crippen molar-refractivity contribution in [3.8, 4) is 0 Å². The van der Waals surface area contributed by atoms with Crippen molar-refractivity contribution in [2.45, 2.75) is 32.3 Å². The summed E-state index contributed by atoms with van der Waals surface area (Å²) in [5.74, 6) is 0.627. The standard InChI is InChI=1S/C15H18O2/c1-2-3-7-12-10-14(17-11-12)15(16)13-8-5-4-6-9-13/h4-6,8-11,15-16H,2-3,7H2,1H3. The minimum absolute atomic E-state index is 0.627. The number of furan rings is 1. The Labute approximate surface area is 102 Å². The van der Waals surface area contributed by atoms with Gasteiger partial charge >= 0.3 is 0 Å². The number of hydrogen-bond donors (Lipinski definition) is 1. The minimum atomic E-state index is -0.661. The fraction of sp³-hybridized carbons (Fsp3) is 0.333. The van der Waals surface area contributed by atoms with Gasteiger partial charge in [-0.3, -0.25) is 0 Å². The summed E-state index contributed by atoms with van der Waals surface area (Å²) in [6.07, 6.45) is 4.42. The Morgan fingerprint density at radius 3 is 2.71 bits per heavy atom. The van der Waals surface area contributed by atoms with E-state index in [2.05, 4.69) is 6.92 Å². The summed E-state index contributed by atoms with van der Waals surface area (Å²) < 4.78 is 5.43. The lowest BCUT2D eigenvalue weighted by Gasteiger charge is -2.06. The smallest absolute Gasteiger partial charge is 0.137 e. The van der Waals surface area contributed by atoms with Crippen LogP contribution < -0.4 is 0 Å². The summed E-state index contributed by atoms with van der Waals surface area (Å²) in [6, 6.07) is 11.5. The second-order valence-electron chi connectivity index (χ2n) is 4.27. The zero-order valence-corrected chi connectivity index (χ0v) is 10.1. The van der Waals surface area contributed by atoms with Crippen LogP contribution in [0.4, 0.5) is 0 Å². The van der Waals surface area contributed by atoms with Crippen molar-refractivity contribution in [2.24, 2.45) is 0 Å². The lowest BCUT2D eigenvalue weighted by molar-refractivity contribution is 0.189. The van der Waals surface area contributed by atoms with E-state index in [9.17, 15) is 5.11 Å². The molecule has 2 heteroatoms. The van der Waals surface area contributed by atoms with Gasteiger partial charge in [-0.15, -0.1) is 0 Å². The van der Waals surface area contributed by atoms with Crippen LogP contribution >= 0.6 is 0 Å². The van der Waals surface area contributed by atoms with Crippen LogP contribution in [-0.2, 0) is 6.42 Å². The molecule has 1 aromatic heterocycles. The molecule has 17 heavy (non-hydrogen) atoms. The maximum Gasteiger partial charge on any atom is 0.137 e. The molecule has 0 bridgehead atoms. The van der Waals surface area contributed by atoms with Crippen molar-refractivity contribution < 1.29 is 9.52 Å². The van der Waals surface area contributed by atoms with Gasteiger partial charge in [-0.2, -0.15) is 0 Å². The number of benzene rings is 1. The van der Waals surface area contributed by atoms with Crippen molar-refractivity contribution in [1.29, 1.82) is 0 Å². The van der Waals surface area contributed by atoms with Crippen LogP contribution in [0.25, 0.3) is 0 Å². The number of unbranched alkanes of at least 4 members (excludes halogenated alkanes) is 1. The van der Waals surface area contributed by atoms with Crippen LogP contribution in [0.1, 0.15) is 42.8 Å². The van der Waals surface area contributed by atoms with Gasteiger partial charge in [-0.1, -0.05) is 43.7 Å². The van der Waals surface area contributed by atoms with Gasteiger partial charge in [0.2, 0.25) is 0 Å². The van der Waals surface area contributed by atoms with Gasteiger partial charge in [0.25, 0.3) is 0 Å². The fourth-order valence-electron chi connectivity index (χ4n) is 1.85. The second-order valence-corrected chi connectivity index (χ2v) is 4.27. The molecule has 0 saturated heterocycles. The maximum atomic E-state index is 10.1. The van der Waals surface area contributed by atoms with Crippen LogP contribution in [0.15, 0.2) is 47.1 Å². The third-order valence-corrected chi connectivity index (χ3v) is 2.88. The highest BCUT2D eigenvalue weighted by atomic mass is 16.4. The molecule has 1 atom stereocenters. The third kappa shape index (κ3) is 2.98. The molecule has 2 aromatic rings. The summed E-state index contributed by atoms with van der Waals surface area (Å²) >= 11 is 0. The average molecular weight is 230 g/mol. The van der Waals surface area contributed by atoms with E-state index in [1.54, 1.807) is 6.26 Å². The largest absolute Gasteiger partial charge is 0.466 e. The Kier molecular flexibility index (Phi) is 3.99. The van der Waals surface area contributed by atoms with E-state index in [0.717, 1.165) is 24.0 Å². The van der Waals surface area contributed by atoms with Crippen LogP contribution in [-0.4, -0.2) is 5.11 Å². The van der Waals surface area contributed by atoms with Gasteiger partial charge in [0.1, 0.15) is 11.9 Å². The minimum Gasteiger partial charge on any atom is -0.466 e. The molecule has 0 radical (unpaired) electrons. The van der Waals surface area contributed by atoms with Gasteiger partial charge < -0.3 is 9.52 Å². The third-order valence-electron chi connectivity index (χ3n) is 2.88. The van der Waals surface area contributed by atoms with E-state index in [1.165, 1.54) is 6.42 Å². The molecule has 1 aromatic carbocycles. The number of aliphatic hydroxyl groups excluding tert-OH is 1. The topological polar surface area (TPSA) is 33.4 Å². The van der Waals surface area contributed by atoms with E-state index in [0.29, 0.717) is 5.76 Å². The Hall–Kier alpha value is -1.54. The van der Waals surface area contributed by atoms with E-state index in [-0.39, 0.29) is 0 Å². The highest BCUT2D eigenvalue weighted by molar-refractivity contribution is 5.26. The van der Waals surface area contributed by atoms with E-state index in [4.69, 9.17) is 4.42 Å². The van der Waals surface area contributed by atoms with Crippen LogP contribution in [0.2, 0.25) is 0 Å².